The molecule has 5 aromatic carbocycles. The monoisotopic (exact) mass is 940 g/mol. The van der Waals surface area contributed by atoms with Gasteiger partial charge in [0, 0.05) is 11.5 Å². The molecule has 6 nitrogen and oxygen atoms in total. The molecule has 9 heteroatoms. The Morgan fingerprint density at radius 1 is 0.667 bits per heavy atom. The number of hydrogen-bond donors (Lipinski definition) is 0. The van der Waals surface area contributed by atoms with Crippen LogP contribution in [0.4, 0.5) is 0 Å². The highest BCUT2D eigenvalue weighted by Crippen LogP contribution is 2.43. The number of ether oxygens (including phenoxy) is 3. The van der Waals surface area contributed by atoms with Gasteiger partial charge in [-0.05, 0) is 75.1 Å². The minimum Gasteiger partial charge on any atom is -0.459 e. The zero-order valence-corrected chi connectivity index (χ0v) is 42.9. The van der Waals surface area contributed by atoms with Crippen molar-refractivity contribution in [1.29, 1.82) is 0 Å². The summed E-state index contributed by atoms with van der Waals surface area (Å²) in [4.78, 5) is 14.7. The van der Waals surface area contributed by atoms with Crippen LogP contribution in [-0.2, 0) is 33.5 Å². The third-order valence-electron chi connectivity index (χ3n) is 13.9. The van der Waals surface area contributed by atoms with Crippen molar-refractivity contribution < 1.29 is 27.9 Å². The highest BCUT2D eigenvalue weighted by molar-refractivity contribution is 6.99. The van der Waals surface area contributed by atoms with Crippen LogP contribution < -0.4 is 10.4 Å². The minimum atomic E-state index is -2.97. The van der Waals surface area contributed by atoms with E-state index in [9.17, 15) is 4.79 Å². The number of carbonyl (C=O) groups is 1. The van der Waals surface area contributed by atoms with E-state index in [1.165, 1.54) is 10.4 Å². The molecule has 1 fully saturated rings. The predicted molar refractivity (Wildman–Crippen MR) is 274 cm³/mol. The standard InChI is InChI=1S/C57H69ClO6Si2/c1-55(2,3)65(7,8)64-51-40-54(59)63-52-39-48(62-53(52)42-60-57(44-26-14-9-15-27-44,45-28-16-10-17-29-45)46-30-18-11-19-31-46)38-37-47(58)32-24-25-43(51)41-61-66(56(4,5)6,49-33-20-12-21-34-49)50-35-22-13-23-36-50/h9-23,25-36,48,51-53H,24,37-42H2,1-8H3/b43-25-,47-32-/t48-,51-,52-,53-/m1/s1. The van der Waals surface area contributed by atoms with Gasteiger partial charge in [-0.2, -0.15) is 0 Å². The Bertz CT molecular complexity index is 2240. The van der Waals surface area contributed by atoms with Crippen molar-refractivity contribution >= 4 is 44.6 Å². The van der Waals surface area contributed by atoms with Crippen molar-refractivity contribution in [1.82, 2.24) is 0 Å². The summed E-state index contributed by atoms with van der Waals surface area (Å²) in [6, 6.07) is 52.3. The van der Waals surface area contributed by atoms with E-state index in [4.69, 9.17) is 34.7 Å². The average Bonchev–Trinajstić information content (AvgIpc) is 3.69. The van der Waals surface area contributed by atoms with Gasteiger partial charge in [0.1, 0.15) is 17.8 Å². The fourth-order valence-corrected chi connectivity index (χ4v) is 15.4. The Labute approximate surface area is 401 Å². The van der Waals surface area contributed by atoms with E-state index >= 15 is 0 Å². The lowest BCUT2D eigenvalue weighted by Gasteiger charge is -2.44. The first-order valence-electron chi connectivity index (χ1n) is 23.7. The summed E-state index contributed by atoms with van der Waals surface area (Å²) in [6.07, 6.45) is 4.85. The first kappa shape index (κ1) is 49.5. The van der Waals surface area contributed by atoms with Gasteiger partial charge < -0.3 is 23.1 Å². The van der Waals surface area contributed by atoms with Crippen LogP contribution in [0, 0.1) is 0 Å². The van der Waals surface area contributed by atoms with E-state index in [0.29, 0.717) is 25.7 Å². The van der Waals surface area contributed by atoms with Crippen LogP contribution in [0.25, 0.3) is 0 Å². The summed E-state index contributed by atoms with van der Waals surface area (Å²) in [7, 11) is -5.43. The van der Waals surface area contributed by atoms with Gasteiger partial charge in [0.15, 0.2) is 8.32 Å². The molecule has 348 valence electrons. The summed E-state index contributed by atoms with van der Waals surface area (Å²) in [5.41, 5.74) is 2.93. The van der Waals surface area contributed by atoms with Crippen molar-refractivity contribution in [2.45, 2.75) is 127 Å². The van der Waals surface area contributed by atoms with Crippen LogP contribution in [0.3, 0.4) is 0 Å². The average molecular weight is 942 g/mol. The molecule has 66 heavy (non-hydrogen) atoms. The zero-order chi connectivity index (χ0) is 47.0. The van der Waals surface area contributed by atoms with Gasteiger partial charge in [-0.3, -0.25) is 4.79 Å². The van der Waals surface area contributed by atoms with Crippen LogP contribution in [0.2, 0.25) is 23.2 Å². The van der Waals surface area contributed by atoms with Crippen LogP contribution >= 0.6 is 11.6 Å². The highest BCUT2D eigenvalue weighted by Gasteiger charge is 2.51. The first-order valence-corrected chi connectivity index (χ1v) is 28.8. The second kappa shape index (κ2) is 21.3. The Morgan fingerprint density at radius 2 is 1.15 bits per heavy atom. The molecule has 5 aromatic rings. The van der Waals surface area contributed by atoms with Crippen molar-refractivity contribution in [3.05, 3.63) is 191 Å². The largest absolute Gasteiger partial charge is 0.459 e. The Balaban J connectivity index is 1.24. The lowest BCUT2D eigenvalue weighted by Crippen LogP contribution is -2.66. The first-order chi connectivity index (χ1) is 31.5. The topological polar surface area (TPSA) is 63.2 Å². The smallest absolute Gasteiger partial charge is 0.309 e. The fraction of sp³-hybridized carbons (Fsp3) is 0.386. The quantitative estimate of drug-likeness (QED) is 0.0507. The van der Waals surface area contributed by atoms with Crippen molar-refractivity contribution in [2.24, 2.45) is 0 Å². The van der Waals surface area contributed by atoms with Gasteiger partial charge in [0.05, 0.1) is 31.8 Å². The molecule has 2 heterocycles. The van der Waals surface area contributed by atoms with E-state index in [0.717, 1.165) is 27.3 Å². The van der Waals surface area contributed by atoms with Crippen molar-refractivity contribution in [2.75, 3.05) is 13.2 Å². The third kappa shape index (κ3) is 11.1. The number of allylic oxidation sites excluding steroid dienone is 3. The van der Waals surface area contributed by atoms with E-state index in [-0.39, 0.29) is 41.8 Å². The molecule has 7 rings (SSSR count). The number of rotatable bonds is 13. The van der Waals surface area contributed by atoms with Gasteiger partial charge in [0.2, 0.25) is 0 Å². The zero-order valence-electron chi connectivity index (χ0n) is 40.2. The second-order valence-electron chi connectivity index (χ2n) is 20.4. The van der Waals surface area contributed by atoms with Crippen molar-refractivity contribution in [3.63, 3.8) is 0 Å². The van der Waals surface area contributed by atoms with Gasteiger partial charge in [-0.15, -0.1) is 0 Å². The van der Waals surface area contributed by atoms with E-state index in [1.54, 1.807) is 0 Å². The number of benzene rings is 5. The highest BCUT2D eigenvalue weighted by atomic mass is 35.5. The number of carbonyl (C=O) groups excluding carboxylic acids is 1. The van der Waals surface area contributed by atoms with Gasteiger partial charge in [0.25, 0.3) is 8.32 Å². The van der Waals surface area contributed by atoms with E-state index in [1.807, 2.05) is 54.6 Å². The van der Waals surface area contributed by atoms with Crippen LogP contribution in [0.15, 0.2) is 174 Å². The molecule has 2 aliphatic rings. The Morgan fingerprint density at radius 3 is 1.62 bits per heavy atom. The van der Waals surface area contributed by atoms with E-state index in [2.05, 4.69) is 164 Å². The maximum atomic E-state index is 14.7. The molecule has 0 aromatic heterocycles. The Kier molecular flexibility index (Phi) is 16.0. The van der Waals surface area contributed by atoms with E-state index < -0.39 is 40.5 Å². The third-order valence-corrected chi connectivity index (χ3v) is 23.7. The molecule has 0 amide bonds. The Hall–Kier alpha value is -4.39. The molecule has 0 N–H and O–H groups in total. The molecule has 0 unspecified atom stereocenters. The summed E-state index contributed by atoms with van der Waals surface area (Å²) in [5, 5.41) is 2.78. The van der Waals surface area contributed by atoms with Crippen LogP contribution in [0.1, 0.15) is 90.3 Å². The SMILES string of the molecule is CC(C)(C)[Si](C)(C)O[C@@H]1CC(=O)O[C@@H]2C[C@@H](CC/C(Cl)=C/C/C=C\1CO[Si](c1ccccc1)(c1ccccc1)C(C)(C)C)O[C@@H]2COC(c1ccccc1)(c1ccccc1)c1ccccc1. The molecular weight excluding hydrogens is 872 g/mol. The second-order valence-corrected chi connectivity index (χ2v) is 29.9. The molecule has 2 bridgehead atoms. The van der Waals surface area contributed by atoms with Gasteiger partial charge >= 0.3 is 5.97 Å². The number of esters is 1. The maximum absolute atomic E-state index is 14.7. The number of hydrogen-bond acceptors (Lipinski definition) is 6. The lowest BCUT2D eigenvalue weighted by atomic mass is 9.80. The lowest BCUT2D eigenvalue weighted by molar-refractivity contribution is -0.157. The summed E-state index contributed by atoms with van der Waals surface area (Å²) in [6.45, 7) is 18.5. The summed E-state index contributed by atoms with van der Waals surface area (Å²) in [5.74, 6) is -0.333. The number of fused-ring (bicyclic) bond motifs is 2. The molecule has 1 saturated heterocycles. The summed E-state index contributed by atoms with van der Waals surface area (Å²) < 4.78 is 35.6. The van der Waals surface area contributed by atoms with Gasteiger partial charge in [-0.1, -0.05) is 217 Å². The molecule has 0 saturated carbocycles. The van der Waals surface area contributed by atoms with Crippen molar-refractivity contribution in [3.8, 4) is 0 Å². The van der Waals surface area contributed by atoms with Crippen LogP contribution in [-0.4, -0.2) is 60.2 Å². The van der Waals surface area contributed by atoms with Gasteiger partial charge in [-0.25, -0.2) is 0 Å². The predicted octanol–water partition coefficient (Wildman–Crippen LogP) is 12.7. The molecule has 0 spiro atoms. The normalized spacial score (nSPS) is 22.0. The maximum Gasteiger partial charge on any atom is 0.309 e. The van der Waals surface area contributed by atoms with Crippen LogP contribution in [0.5, 0.6) is 0 Å². The molecule has 4 atom stereocenters. The minimum absolute atomic E-state index is 0.0244. The fourth-order valence-electron chi connectivity index (χ4n) is 9.36. The molecule has 0 aliphatic carbocycles. The molecule has 2 aliphatic heterocycles. The molecular formula is C57H69ClO6Si2. The number of halogens is 1. The summed E-state index contributed by atoms with van der Waals surface area (Å²) >= 11 is 7.04. The molecule has 0 radical (unpaired) electrons.